The van der Waals surface area contributed by atoms with Gasteiger partial charge in [0, 0.05) is 0 Å². The molecule has 0 aromatic heterocycles. The van der Waals surface area contributed by atoms with Crippen molar-refractivity contribution in [2.45, 2.75) is 13.8 Å². The van der Waals surface area contributed by atoms with Crippen LogP contribution in [-0.4, -0.2) is 23.6 Å². The molecule has 0 saturated heterocycles. The summed E-state index contributed by atoms with van der Waals surface area (Å²) in [6, 6.07) is 17.2. The molecule has 6 heteroatoms. The summed E-state index contributed by atoms with van der Waals surface area (Å²) in [6.07, 6.45) is 0. The van der Waals surface area contributed by atoms with Crippen LogP contribution in [0.2, 0.25) is 5.02 Å². The SMILES string of the molecule is Cc1cc(C)c(NC(=O)COC(=O)c2ccc(-c3ccc(O)cc3)cc2)c(Cl)c1. The molecular weight excluding hydrogens is 390 g/mol. The third-order valence-corrected chi connectivity index (χ3v) is 4.65. The smallest absolute Gasteiger partial charge is 0.338 e. The lowest BCUT2D eigenvalue weighted by atomic mass is 10.0. The van der Waals surface area contributed by atoms with Crippen LogP contribution in [0.1, 0.15) is 21.5 Å². The minimum Gasteiger partial charge on any atom is -0.508 e. The summed E-state index contributed by atoms with van der Waals surface area (Å²) in [6.45, 7) is 3.34. The number of esters is 1. The van der Waals surface area contributed by atoms with Crippen molar-refractivity contribution in [3.05, 3.63) is 82.4 Å². The second-order valence-electron chi connectivity index (χ2n) is 6.69. The molecule has 2 N–H and O–H groups in total. The van der Waals surface area contributed by atoms with E-state index in [1.165, 1.54) is 0 Å². The van der Waals surface area contributed by atoms with Gasteiger partial charge in [0.2, 0.25) is 0 Å². The third kappa shape index (κ3) is 5.15. The number of anilines is 1. The van der Waals surface area contributed by atoms with E-state index in [0.29, 0.717) is 16.3 Å². The maximum atomic E-state index is 12.2. The van der Waals surface area contributed by atoms with E-state index < -0.39 is 18.5 Å². The highest BCUT2D eigenvalue weighted by atomic mass is 35.5. The second kappa shape index (κ2) is 8.80. The summed E-state index contributed by atoms with van der Waals surface area (Å²) >= 11 is 6.18. The molecule has 148 valence electrons. The Morgan fingerprint density at radius 3 is 2.14 bits per heavy atom. The Bertz CT molecular complexity index is 1020. The van der Waals surface area contributed by atoms with Crippen molar-refractivity contribution in [2.75, 3.05) is 11.9 Å². The number of hydrogen-bond acceptors (Lipinski definition) is 4. The van der Waals surface area contributed by atoms with Crippen molar-refractivity contribution in [2.24, 2.45) is 0 Å². The molecule has 3 rings (SSSR count). The van der Waals surface area contributed by atoms with Crippen LogP contribution in [0.25, 0.3) is 11.1 Å². The summed E-state index contributed by atoms with van der Waals surface area (Å²) < 4.78 is 5.10. The fourth-order valence-electron chi connectivity index (χ4n) is 2.92. The Morgan fingerprint density at radius 2 is 1.55 bits per heavy atom. The number of phenols is 1. The molecule has 0 aliphatic heterocycles. The molecule has 0 spiro atoms. The summed E-state index contributed by atoms with van der Waals surface area (Å²) in [7, 11) is 0. The van der Waals surface area contributed by atoms with Gasteiger partial charge in [0.1, 0.15) is 5.75 Å². The third-order valence-electron chi connectivity index (χ3n) is 4.35. The lowest BCUT2D eigenvalue weighted by Crippen LogP contribution is -2.21. The number of halogens is 1. The monoisotopic (exact) mass is 409 g/mol. The number of benzene rings is 3. The average Bonchev–Trinajstić information content (AvgIpc) is 2.69. The van der Waals surface area contributed by atoms with Crippen molar-refractivity contribution in [3.8, 4) is 16.9 Å². The highest BCUT2D eigenvalue weighted by Crippen LogP contribution is 2.27. The van der Waals surface area contributed by atoms with Crippen LogP contribution in [0.5, 0.6) is 5.75 Å². The van der Waals surface area contributed by atoms with Gasteiger partial charge < -0.3 is 15.2 Å². The largest absolute Gasteiger partial charge is 0.508 e. The van der Waals surface area contributed by atoms with Gasteiger partial charge in [-0.2, -0.15) is 0 Å². The molecule has 0 atom stereocenters. The minimum atomic E-state index is -0.593. The summed E-state index contributed by atoms with van der Waals surface area (Å²) in [5.41, 5.74) is 4.48. The quantitative estimate of drug-likeness (QED) is 0.573. The van der Waals surface area contributed by atoms with Gasteiger partial charge in [-0.25, -0.2) is 4.79 Å². The molecule has 0 bridgehead atoms. The first kappa shape index (κ1) is 20.4. The van der Waals surface area contributed by atoms with Gasteiger partial charge in [-0.1, -0.05) is 41.9 Å². The van der Waals surface area contributed by atoms with Crippen LogP contribution < -0.4 is 5.32 Å². The molecule has 5 nitrogen and oxygen atoms in total. The minimum absolute atomic E-state index is 0.189. The number of aryl methyl sites for hydroxylation is 2. The molecular formula is C23H20ClNO4. The number of carbonyl (C=O) groups excluding carboxylic acids is 2. The molecule has 29 heavy (non-hydrogen) atoms. The number of carbonyl (C=O) groups is 2. The van der Waals surface area contributed by atoms with E-state index in [4.69, 9.17) is 16.3 Å². The Balaban J connectivity index is 1.59. The number of hydrogen-bond donors (Lipinski definition) is 2. The molecule has 3 aromatic carbocycles. The van der Waals surface area contributed by atoms with E-state index >= 15 is 0 Å². The molecule has 3 aromatic rings. The Kier molecular flexibility index (Phi) is 6.20. The number of rotatable bonds is 5. The number of aromatic hydroxyl groups is 1. The van der Waals surface area contributed by atoms with E-state index in [1.54, 1.807) is 54.6 Å². The average molecular weight is 410 g/mol. The standard InChI is InChI=1S/C23H20ClNO4/c1-14-11-15(2)22(20(24)12-14)25-21(27)13-29-23(28)18-5-3-16(4-6-18)17-7-9-19(26)10-8-17/h3-12,26H,13H2,1-2H3,(H,25,27). The van der Waals surface area contributed by atoms with Gasteiger partial charge in [0.15, 0.2) is 6.61 Å². The summed E-state index contributed by atoms with van der Waals surface area (Å²) in [5, 5.41) is 12.5. The van der Waals surface area contributed by atoms with Crippen molar-refractivity contribution in [3.63, 3.8) is 0 Å². The van der Waals surface area contributed by atoms with E-state index in [1.807, 2.05) is 19.9 Å². The second-order valence-corrected chi connectivity index (χ2v) is 7.09. The number of ether oxygens (including phenoxy) is 1. The van der Waals surface area contributed by atoms with Gasteiger partial charge in [0.25, 0.3) is 5.91 Å². The zero-order valence-electron chi connectivity index (χ0n) is 16.0. The highest BCUT2D eigenvalue weighted by molar-refractivity contribution is 6.34. The van der Waals surface area contributed by atoms with E-state index in [-0.39, 0.29) is 5.75 Å². The molecule has 0 radical (unpaired) electrons. The van der Waals surface area contributed by atoms with Gasteiger partial charge in [-0.3, -0.25) is 4.79 Å². The normalized spacial score (nSPS) is 10.4. The molecule has 0 aliphatic carbocycles. The molecule has 0 unspecified atom stereocenters. The fourth-order valence-corrected chi connectivity index (χ4v) is 3.29. The molecule has 0 heterocycles. The van der Waals surface area contributed by atoms with E-state index in [9.17, 15) is 14.7 Å². The number of nitrogens with one attached hydrogen (secondary N) is 1. The fraction of sp³-hybridized carbons (Fsp3) is 0.130. The molecule has 1 amide bonds. The zero-order chi connectivity index (χ0) is 21.0. The van der Waals surface area contributed by atoms with Crippen LogP contribution in [0.4, 0.5) is 5.69 Å². The first-order valence-electron chi connectivity index (χ1n) is 8.96. The highest BCUT2D eigenvalue weighted by Gasteiger charge is 2.13. The predicted octanol–water partition coefficient (Wildman–Crippen LogP) is 5.12. The predicted molar refractivity (Wildman–Crippen MR) is 113 cm³/mol. The van der Waals surface area contributed by atoms with E-state index in [0.717, 1.165) is 22.3 Å². The Labute approximate surface area is 173 Å². The summed E-state index contributed by atoms with van der Waals surface area (Å²) in [4.78, 5) is 24.3. The summed E-state index contributed by atoms with van der Waals surface area (Å²) in [5.74, 6) is -0.869. The molecule has 0 fully saturated rings. The number of phenolic OH excluding ortho intramolecular Hbond substituents is 1. The first-order chi connectivity index (χ1) is 13.8. The van der Waals surface area contributed by atoms with Crippen molar-refractivity contribution >= 4 is 29.2 Å². The van der Waals surface area contributed by atoms with Crippen molar-refractivity contribution in [1.82, 2.24) is 0 Å². The van der Waals surface area contributed by atoms with E-state index in [2.05, 4.69) is 5.32 Å². The lowest BCUT2D eigenvalue weighted by molar-refractivity contribution is -0.119. The molecule has 0 aliphatic rings. The Morgan fingerprint density at radius 1 is 0.966 bits per heavy atom. The Hall–Kier alpha value is -3.31. The van der Waals surface area contributed by atoms with Gasteiger partial charge in [0.05, 0.1) is 16.3 Å². The molecule has 0 saturated carbocycles. The maximum absolute atomic E-state index is 12.2. The lowest BCUT2D eigenvalue weighted by Gasteiger charge is -2.12. The van der Waals surface area contributed by atoms with Gasteiger partial charge in [-0.05, 0) is 66.4 Å². The van der Waals surface area contributed by atoms with Crippen LogP contribution in [-0.2, 0) is 9.53 Å². The van der Waals surface area contributed by atoms with Crippen LogP contribution >= 0.6 is 11.6 Å². The van der Waals surface area contributed by atoms with Gasteiger partial charge >= 0.3 is 5.97 Å². The van der Waals surface area contributed by atoms with Crippen molar-refractivity contribution < 1.29 is 19.4 Å². The maximum Gasteiger partial charge on any atom is 0.338 e. The van der Waals surface area contributed by atoms with Crippen molar-refractivity contribution in [1.29, 1.82) is 0 Å². The first-order valence-corrected chi connectivity index (χ1v) is 9.34. The number of amides is 1. The van der Waals surface area contributed by atoms with Crippen LogP contribution in [0.3, 0.4) is 0 Å². The van der Waals surface area contributed by atoms with Crippen LogP contribution in [0, 0.1) is 13.8 Å². The van der Waals surface area contributed by atoms with Gasteiger partial charge in [-0.15, -0.1) is 0 Å². The topological polar surface area (TPSA) is 75.6 Å². The van der Waals surface area contributed by atoms with Crippen LogP contribution in [0.15, 0.2) is 60.7 Å². The zero-order valence-corrected chi connectivity index (χ0v) is 16.8.